The van der Waals surface area contributed by atoms with Crippen LogP contribution in [-0.2, 0) is 4.79 Å². The van der Waals surface area contributed by atoms with E-state index in [0.29, 0.717) is 6.42 Å². The molecule has 156 valence electrons. The summed E-state index contributed by atoms with van der Waals surface area (Å²) in [5.41, 5.74) is 13.9. The quantitative estimate of drug-likeness (QED) is 0.505. The van der Waals surface area contributed by atoms with E-state index >= 15 is 0 Å². The molecular formula is C20H28N6O3. The fraction of sp³-hybridized carbons (Fsp3) is 0.400. The Balaban J connectivity index is 2.50. The van der Waals surface area contributed by atoms with Crippen molar-refractivity contribution < 1.29 is 14.3 Å². The van der Waals surface area contributed by atoms with E-state index < -0.39 is 17.9 Å². The molecule has 2 amide bonds. The molecule has 9 nitrogen and oxygen atoms in total. The Kier molecular flexibility index (Phi) is 6.98. The van der Waals surface area contributed by atoms with Gasteiger partial charge in [0.25, 0.3) is 5.91 Å². The topological polar surface area (TPSA) is 145 Å². The molecule has 0 radical (unpaired) electrons. The summed E-state index contributed by atoms with van der Waals surface area (Å²) in [6.07, 6.45) is 0.498. The number of nitrogens with zero attached hydrogens (tertiary/aromatic N) is 2. The van der Waals surface area contributed by atoms with Gasteiger partial charge in [0.15, 0.2) is 5.82 Å². The van der Waals surface area contributed by atoms with Crippen LogP contribution in [0.3, 0.4) is 0 Å². The van der Waals surface area contributed by atoms with Crippen molar-refractivity contribution in [2.24, 2.45) is 17.4 Å². The number of nitrogens with two attached hydrogens (primary N) is 2. The van der Waals surface area contributed by atoms with E-state index in [0.717, 1.165) is 16.8 Å². The first-order chi connectivity index (χ1) is 13.6. The highest BCUT2D eigenvalue weighted by molar-refractivity contribution is 6.00. The summed E-state index contributed by atoms with van der Waals surface area (Å²) in [7, 11) is 1.37. The number of anilines is 3. The summed E-state index contributed by atoms with van der Waals surface area (Å²) >= 11 is 0. The minimum absolute atomic E-state index is 0.00496. The second kappa shape index (κ2) is 9.22. The first kappa shape index (κ1) is 21.9. The normalized spacial score (nSPS) is 11.8. The van der Waals surface area contributed by atoms with Gasteiger partial charge in [-0.15, -0.1) is 0 Å². The monoisotopic (exact) mass is 400 g/mol. The van der Waals surface area contributed by atoms with Gasteiger partial charge in [0.1, 0.15) is 11.6 Å². The van der Waals surface area contributed by atoms with Crippen molar-refractivity contribution in [3.8, 4) is 5.88 Å². The number of methoxy groups -OCH3 is 1. The molecule has 29 heavy (non-hydrogen) atoms. The van der Waals surface area contributed by atoms with Crippen molar-refractivity contribution in [1.82, 2.24) is 9.97 Å². The smallest absolute Gasteiger partial charge is 0.258 e. The number of aryl methyl sites for hydroxylation is 2. The van der Waals surface area contributed by atoms with Crippen LogP contribution < -0.4 is 26.8 Å². The van der Waals surface area contributed by atoms with Gasteiger partial charge in [0, 0.05) is 5.69 Å². The molecule has 1 heterocycles. The second-order valence-electron chi connectivity index (χ2n) is 7.37. The minimum Gasteiger partial charge on any atom is -0.480 e. The van der Waals surface area contributed by atoms with Gasteiger partial charge in [0.2, 0.25) is 17.7 Å². The van der Waals surface area contributed by atoms with Crippen molar-refractivity contribution in [2.75, 3.05) is 17.7 Å². The van der Waals surface area contributed by atoms with E-state index in [4.69, 9.17) is 16.2 Å². The Hall–Kier alpha value is -3.36. The zero-order chi connectivity index (χ0) is 21.7. The number of primary amides is 2. The summed E-state index contributed by atoms with van der Waals surface area (Å²) in [5, 5.41) is 6.04. The summed E-state index contributed by atoms with van der Waals surface area (Å²) in [6, 6.07) is 5.17. The summed E-state index contributed by atoms with van der Waals surface area (Å²) in [4.78, 5) is 32.4. The molecule has 0 spiro atoms. The molecule has 1 atom stereocenters. The molecule has 0 saturated carbocycles. The Morgan fingerprint density at radius 1 is 1.10 bits per heavy atom. The van der Waals surface area contributed by atoms with Crippen LogP contribution in [0.2, 0.25) is 0 Å². The fourth-order valence-corrected chi connectivity index (χ4v) is 3.02. The van der Waals surface area contributed by atoms with Gasteiger partial charge in [-0.25, -0.2) is 0 Å². The lowest BCUT2D eigenvalue weighted by Gasteiger charge is -2.19. The van der Waals surface area contributed by atoms with Crippen LogP contribution in [0.25, 0.3) is 0 Å². The number of carbonyl (C=O) groups is 2. The minimum atomic E-state index is -0.742. The largest absolute Gasteiger partial charge is 0.480 e. The number of aromatic nitrogens is 2. The van der Waals surface area contributed by atoms with Crippen LogP contribution in [0.4, 0.5) is 17.5 Å². The molecule has 0 aliphatic carbocycles. The molecule has 1 aromatic carbocycles. The number of hydrogen-bond donors (Lipinski definition) is 4. The highest BCUT2D eigenvalue weighted by Crippen LogP contribution is 2.28. The van der Waals surface area contributed by atoms with E-state index in [1.807, 2.05) is 45.9 Å². The molecule has 0 saturated heterocycles. The van der Waals surface area contributed by atoms with Gasteiger partial charge in [-0.3, -0.25) is 9.59 Å². The van der Waals surface area contributed by atoms with Crippen molar-refractivity contribution in [2.45, 2.75) is 40.2 Å². The van der Waals surface area contributed by atoms with Gasteiger partial charge in [0.05, 0.1) is 7.11 Å². The van der Waals surface area contributed by atoms with Crippen LogP contribution in [0, 0.1) is 19.8 Å². The third kappa shape index (κ3) is 5.81. The second-order valence-corrected chi connectivity index (χ2v) is 7.37. The first-order valence-electron chi connectivity index (χ1n) is 9.27. The maximum atomic E-state index is 12.0. The number of amides is 2. The van der Waals surface area contributed by atoms with Gasteiger partial charge in [-0.05, 0) is 49.4 Å². The van der Waals surface area contributed by atoms with Crippen LogP contribution in [0.1, 0.15) is 41.8 Å². The predicted octanol–water partition coefficient (Wildman–Crippen LogP) is 2.26. The first-order valence-corrected chi connectivity index (χ1v) is 9.27. The SMILES string of the molecule is COc1nc(N[C@H](CC(C)C)C(N)=O)nc(Nc2cc(C)cc(C)c2)c1C(N)=O. The molecular weight excluding hydrogens is 372 g/mol. The fourth-order valence-electron chi connectivity index (χ4n) is 3.02. The third-order valence-corrected chi connectivity index (χ3v) is 4.15. The molecule has 2 aromatic rings. The predicted molar refractivity (Wildman–Crippen MR) is 112 cm³/mol. The van der Waals surface area contributed by atoms with Crippen molar-refractivity contribution in [3.63, 3.8) is 0 Å². The van der Waals surface area contributed by atoms with Gasteiger partial charge < -0.3 is 26.8 Å². The van der Waals surface area contributed by atoms with Gasteiger partial charge >= 0.3 is 0 Å². The number of hydrogen-bond acceptors (Lipinski definition) is 7. The lowest BCUT2D eigenvalue weighted by Crippen LogP contribution is -2.37. The van der Waals surface area contributed by atoms with Crippen LogP contribution >= 0.6 is 0 Å². The number of benzene rings is 1. The molecule has 0 unspecified atom stereocenters. The van der Waals surface area contributed by atoms with Crippen LogP contribution in [0.5, 0.6) is 5.88 Å². The van der Waals surface area contributed by atoms with Crippen LogP contribution in [0.15, 0.2) is 18.2 Å². The molecule has 0 aliphatic heterocycles. The highest BCUT2D eigenvalue weighted by Gasteiger charge is 2.23. The van der Waals surface area contributed by atoms with E-state index in [-0.39, 0.29) is 29.1 Å². The van der Waals surface area contributed by atoms with Crippen LogP contribution in [-0.4, -0.2) is 34.9 Å². The molecule has 0 bridgehead atoms. The highest BCUT2D eigenvalue weighted by atomic mass is 16.5. The Morgan fingerprint density at radius 3 is 2.21 bits per heavy atom. The zero-order valence-electron chi connectivity index (χ0n) is 17.4. The molecule has 9 heteroatoms. The van der Waals surface area contributed by atoms with Crippen molar-refractivity contribution in [3.05, 3.63) is 34.9 Å². The zero-order valence-corrected chi connectivity index (χ0v) is 17.4. The van der Waals surface area contributed by atoms with Crippen molar-refractivity contribution >= 4 is 29.3 Å². The maximum absolute atomic E-state index is 12.0. The third-order valence-electron chi connectivity index (χ3n) is 4.15. The van der Waals surface area contributed by atoms with E-state index in [9.17, 15) is 9.59 Å². The molecule has 2 rings (SSSR count). The molecule has 0 aliphatic rings. The molecule has 1 aromatic heterocycles. The van der Waals surface area contributed by atoms with E-state index in [2.05, 4.69) is 20.6 Å². The lowest BCUT2D eigenvalue weighted by atomic mass is 10.0. The van der Waals surface area contributed by atoms with E-state index in [1.54, 1.807) is 0 Å². The van der Waals surface area contributed by atoms with Crippen molar-refractivity contribution in [1.29, 1.82) is 0 Å². The van der Waals surface area contributed by atoms with E-state index in [1.165, 1.54) is 7.11 Å². The molecule has 0 fully saturated rings. The van der Waals surface area contributed by atoms with Gasteiger partial charge in [-0.1, -0.05) is 19.9 Å². The number of nitrogens with one attached hydrogen (secondary N) is 2. The standard InChI is InChI=1S/C20H28N6O3/c1-10(2)6-14(16(21)27)24-20-25-18(15(17(22)28)19(26-20)29-5)23-13-8-11(3)7-12(4)9-13/h7-10,14H,6H2,1-5H3,(H2,21,27)(H2,22,28)(H2,23,24,25,26)/t14-/m1/s1. The summed E-state index contributed by atoms with van der Waals surface area (Å²) in [5.74, 6) is -0.778. The number of rotatable bonds is 9. The average Bonchev–Trinajstić information content (AvgIpc) is 2.58. The Bertz CT molecular complexity index is 893. The number of ether oxygens (including phenoxy) is 1. The lowest BCUT2D eigenvalue weighted by molar-refractivity contribution is -0.119. The Labute approximate surface area is 170 Å². The summed E-state index contributed by atoms with van der Waals surface area (Å²) in [6.45, 7) is 7.87. The van der Waals surface area contributed by atoms with Gasteiger partial charge in [-0.2, -0.15) is 9.97 Å². The molecule has 6 N–H and O–H groups in total. The average molecular weight is 400 g/mol. The number of carbonyl (C=O) groups excluding carboxylic acids is 2. The maximum Gasteiger partial charge on any atom is 0.258 e. The Morgan fingerprint density at radius 2 is 1.72 bits per heavy atom. The summed E-state index contributed by atoms with van der Waals surface area (Å²) < 4.78 is 5.25.